The lowest BCUT2D eigenvalue weighted by molar-refractivity contribution is 0.197. The zero-order valence-electron chi connectivity index (χ0n) is 11.0. The Bertz CT molecular complexity index is 479. The maximum absolute atomic E-state index is 11.5. The molecule has 102 valence electrons. The molecule has 2 fully saturated rings. The largest absolute Gasteiger partial charge is 0.369 e. The minimum absolute atomic E-state index is 0.0529. The summed E-state index contributed by atoms with van der Waals surface area (Å²) in [6, 6.07) is 0.294. The normalized spacial score (nSPS) is 22.2. The number of nitrogens with one attached hydrogen (secondary N) is 2. The third-order valence-electron chi connectivity index (χ3n) is 3.54. The fourth-order valence-corrected chi connectivity index (χ4v) is 2.59. The highest BCUT2D eigenvalue weighted by atomic mass is 16.2. The van der Waals surface area contributed by atoms with Crippen LogP contribution in [-0.2, 0) is 0 Å². The van der Waals surface area contributed by atoms with Gasteiger partial charge in [0.05, 0.1) is 18.4 Å². The molecule has 7 heteroatoms. The number of fused-ring (bicyclic) bond motifs is 1. The van der Waals surface area contributed by atoms with E-state index in [4.69, 9.17) is 0 Å². The van der Waals surface area contributed by atoms with E-state index in [0.717, 1.165) is 44.4 Å². The van der Waals surface area contributed by atoms with Crippen LogP contribution in [0.25, 0.3) is 0 Å². The van der Waals surface area contributed by atoms with Crippen molar-refractivity contribution in [3.63, 3.8) is 0 Å². The van der Waals surface area contributed by atoms with E-state index >= 15 is 0 Å². The second kappa shape index (κ2) is 4.91. The van der Waals surface area contributed by atoms with E-state index in [0.29, 0.717) is 0 Å². The Balaban J connectivity index is 1.73. The lowest BCUT2D eigenvalue weighted by atomic mass is 10.2. The first-order chi connectivity index (χ1) is 9.28. The topological polar surface area (TPSA) is 73.4 Å². The van der Waals surface area contributed by atoms with Gasteiger partial charge in [0.15, 0.2) is 0 Å². The third-order valence-corrected chi connectivity index (χ3v) is 3.54. The molecule has 0 aromatic carbocycles. The number of rotatable bonds is 3. The average molecular weight is 262 g/mol. The Morgan fingerprint density at radius 2 is 2.37 bits per heavy atom. The number of carbonyl (C=O) groups excluding carboxylic acids is 1. The van der Waals surface area contributed by atoms with Gasteiger partial charge in [0.2, 0.25) is 0 Å². The van der Waals surface area contributed by atoms with Crippen molar-refractivity contribution in [2.45, 2.75) is 13.0 Å². The summed E-state index contributed by atoms with van der Waals surface area (Å²) in [6.45, 7) is 5.92. The van der Waals surface area contributed by atoms with Crippen LogP contribution in [0.1, 0.15) is 6.92 Å². The maximum Gasteiger partial charge on any atom is 0.317 e. The van der Waals surface area contributed by atoms with Gasteiger partial charge >= 0.3 is 6.03 Å². The van der Waals surface area contributed by atoms with Crippen molar-refractivity contribution in [3.05, 3.63) is 12.4 Å². The second-order valence-electron chi connectivity index (χ2n) is 4.77. The number of urea groups is 1. The fourth-order valence-electron chi connectivity index (χ4n) is 2.59. The second-order valence-corrected chi connectivity index (χ2v) is 4.77. The van der Waals surface area contributed by atoms with Crippen molar-refractivity contribution in [2.75, 3.05) is 42.9 Å². The third kappa shape index (κ3) is 2.27. The molecule has 1 atom stereocenters. The van der Waals surface area contributed by atoms with E-state index in [1.807, 2.05) is 11.8 Å². The van der Waals surface area contributed by atoms with Crippen LogP contribution in [-0.4, -0.2) is 59.7 Å². The van der Waals surface area contributed by atoms with Crippen LogP contribution in [0.2, 0.25) is 0 Å². The molecule has 0 aliphatic carbocycles. The van der Waals surface area contributed by atoms with Crippen molar-refractivity contribution >= 4 is 17.7 Å². The van der Waals surface area contributed by atoms with Gasteiger partial charge in [-0.15, -0.1) is 0 Å². The molecule has 1 aromatic rings. The molecule has 0 spiro atoms. The Kier molecular flexibility index (Phi) is 3.10. The molecule has 2 N–H and O–H groups in total. The Morgan fingerprint density at radius 1 is 1.47 bits per heavy atom. The zero-order valence-corrected chi connectivity index (χ0v) is 11.0. The first-order valence-electron chi connectivity index (χ1n) is 6.63. The van der Waals surface area contributed by atoms with Gasteiger partial charge in [0.25, 0.3) is 0 Å². The average Bonchev–Trinajstić information content (AvgIpc) is 2.81. The molecule has 1 aromatic heterocycles. The molecule has 1 unspecified atom stereocenters. The highest BCUT2D eigenvalue weighted by molar-refractivity contribution is 5.77. The molecular weight excluding hydrogens is 244 g/mol. The van der Waals surface area contributed by atoms with Gasteiger partial charge in [-0.25, -0.2) is 9.78 Å². The molecule has 0 saturated carbocycles. The lowest BCUT2D eigenvalue weighted by Gasteiger charge is -2.36. The molecule has 0 bridgehead atoms. The highest BCUT2D eigenvalue weighted by Gasteiger charge is 2.35. The number of piperazine rings is 1. The quantitative estimate of drug-likeness (QED) is 0.809. The minimum atomic E-state index is 0.0529. The molecule has 3 rings (SSSR count). The van der Waals surface area contributed by atoms with E-state index in [1.165, 1.54) is 0 Å². The summed E-state index contributed by atoms with van der Waals surface area (Å²) in [5.41, 5.74) is 0. The van der Waals surface area contributed by atoms with Gasteiger partial charge in [-0.3, -0.25) is 4.98 Å². The van der Waals surface area contributed by atoms with Gasteiger partial charge in [-0.05, 0) is 6.92 Å². The lowest BCUT2D eigenvalue weighted by Crippen LogP contribution is -2.52. The van der Waals surface area contributed by atoms with E-state index in [2.05, 4.69) is 25.5 Å². The van der Waals surface area contributed by atoms with Gasteiger partial charge in [0, 0.05) is 32.7 Å². The van der Waals surface area contributed by atoms with Gasteiger partial charge in [0.1, 0.15) is 11.6 Å². The summed E-state index contributed by atoms with van der Waals surface area (Å²) in [5, 5.41) is 6.04. The van der Waals surface area contributed by atoms with Gasteiger partial charge in [-0.1, -0.05) is 0 Å². The van der Waals surface area contributed by atoms with Crippen molar-refractivity contribution < 1.29 is 4.79 Å². The first-order valence-corrected chi connectivity index (χ1v) is 6.63. The monoisotopic (exact) mass is 262 g/mol. The number of nitrogens with zero attached hydrogens (tertiary/aromatic N) is 4. The van der Waals surface area contributed by atoms with Crippen LogP contribution in [0, 0.1) is 0 Å². The van der Waals surface area contributed by atoms with Gasteiger partial charge in [-0.2, -0.15) is 0 Å². The number of hydrogen-bond donors (Lipinski definition) is 2. The standard InChI is InChI=1S/C12H18N6O/c1-2-14-10-6-13-7-11(16-10)17-3-4-18-9(8-17)5-15-12(18)19/h6-7,9H,2-5,8H2,1H3,(H,14,16)(H,15,19). The molecule has 0 radical (unpaired) electrons. The summed E-state index contributed by atoms with van der Waals surface area (Å²) in [6.07, 6.45) is 3.50. The van der Waals surface area contributed by atoms with E-state index in [9.17, 15) is 4.79 Å². The Morgan fingerprint density at radius 3 is 3.21 bits per heavy atom. The van der Waals surface area contributed by atoms with Crippen LogP contribution < -0.4 is 15.5 Å². The molecule has 3 heterocycles. The molecule has 19 heavy (non-hydrogen) atoms. The van der Waals surface area contributed by atoms with E-state index < -0.39 is 0 Å². The van der Waals surface area contributed by atoms with E-state index in [1.54, 1.807) is 12.4 Å². The van der Waals surface area contributed by atoms with Crippen LogP contribution in [0.3, 0.4) is 0 Å². The number of carbonyl (C=O) groups is 1. The van der Waals surface area contributed by atoms with Crippen molar-refractivity contribution in [2.24, 2.45) is 0 Å². The summed E-state index contributed by atoms with van der Waals surface area (Å²) >= 11 is 0. The molecule has 2 amide bonds. The smallest absolute Gasteiger partial charge is 0.317 e. The number of anilines is 2. The summed E-state index contributed by atoms with van der Waals surface area (Å²) in [5.74, 6) is 1.67. The molecule has 2 aliphatic heterocycles. The summed E-state index contributed by atoms with van der Waals surface area (Å²) in [4.78, 5) is 24.4. The maximum atomic E-state index is 11.5. The Hall–Kier alpha value is -2.05. The van der Waals surface area contributed by atoms with Gasteiger partial charge < -0.3 is 20.4 Å². The number of amides is 2. The molecule has 2 saturated heterocycles. The van der Waals surface area contributed by atoms with Crippen molar-refractivity contribution in [1.29, 1.82) is 0 Å². The van der Waals surface area contributed by atoms with Crippen LogP contribution >= 0.6 is 0 Å². The van der Waals surface area contributed by atoms with Crippen LogP contribution in [0.5, 0.6) is 0 Å². The zero-order chi connectivity index (χ0) is 13.2. The Labute approximate surface area is 112 Å². The predicted octanol–water partition coefficient (Wildman–Crippen LogP) is 0.122. The number of hydrogen-bond acceptors (Lipinski definition) is 5. The first kappa shape index (κ1) is 12.0. The molecule has 7 nitrogen and oxygen atoms in total. The van der Waals surface area contributed by atoms with Crippen LogP contribution in [0.15, 0.2) is 12.4 Å². The molecular formula is C12H18N6O. The molecule has 2 aliphatic rings. The summed E-state index contributed by atoms with van der Waals surface area (Å²) < 4.78 is 0. The SMILES string of the molecule is CCNc1cncc(N2CCN3C(=O)NCC3C2)n1. The summed E-state index contributed by atoms with van der Waals surface area (Å²) in [7, 11) is 0. The fraction of sp³-hybridized carbons (Fsp3) is 0.583. The van der Waals surface area contributed by atoms with Crippen molar-refractivity contribution in [3.8, 4) is 0 Å². The highest BCUT2D eigenvalue weighted by Crippen LogP contribution is 2.19. The number of aromatic nitrogens is 2. The van der Waals surface area contributed by atoms with Crippen LogP contribution in [0.4, 0.5) is 16.4 Å². The van der Waals surface area contributed by atoms with Crippen molar-refractivity contribution in [1.82, 2.24) is 20.2 Å². The predicted molar refractivity (Wildman–Crippen MR) is 72.3 cm³/mol. The van der Waals surface area contributed by atoms with E-state index in [-0.39, 0.29) is 12.1 Å². The minimum Gasteiger partial charge on any atom is -0.369 e.